The molecule has 0 saturated carbocycles. The van der Waals surface area contributed by atoms with Gasteiger partial charge in [-0.1, -0.05) is 0 Å². The molecule has 1 atom stereocenters. The fourth-order valence-electron chi connectivity index (χ4n) is 0.735. The highest BCUT2D eigenvalue weighted by molar-refractivity contribution is 8.01. The lowest BCUT2D eigenvalue weighted by Gasteiger charge is -1.99. The maximum atomic E-state index is 10.7. The normalized spacial score (nSPS) is 26.3. The van der Waals surface area contributed by atoms with Gasteiger partial charge in [-0.25, -0.2) is 0 Å². The topological polar surface area (TPSA) is 49.3 Å². The van der Waals surface area contributed by atoms with Crippen molar-refractivity contribution in [1.29, 1.82) is 0 Å². The van der Waals surface area contributed by atoms with Crippen molar-refractivity contribution < 1.29 is 9.90 Å². The number of hydrogen-bond acceptors (Lipinski definition) is 3. The Morgan fingerprint density at radius 3 is 3.11 bits per heavy atom. The first-order valence-electron chi connectivity index (χ1n) is 2.85. The summed E-state index contributed by atoms with van der Waals surface area (Å²) >= 11 is 1.55. The highest BCUT2D eigenvalue weighted by atomic mass is 32.2. The van der Waals surface area contributed by atoms with E-state index in [4.69, 9.17) is 5.11 Å². The summed E-state index contributed by atoms with van der Waals surface area (Å²) in [6.07, 6.45) is 0.580. The molecule has 0 aromatic carbocycles. The largest absolute Gasteiger partial charge is 0.396 e. The summed E-state index contributed by atoms with van der Waals surface area (Å²) in [6, 6.07) is 0. The average molecular weight is 147 g/mol. The zero-order valence-corrected chi connectivity index (χ0v) is 5.78. The summed E-state index contributed by atoms with van der Waals surface area (Å²) in [5.74, 6) is 0.762. The van der Waals surface area contributed by atoms with Crippen LogP contribution in [0.5, 0.6) is 0 Å². The van der Waals surface area contributed by atoms with E-state index in [-0.39, 0.29) is 17.8 Å². The minimum atomic E-state index is -0.00463. The summed E-state index contributed by atoms with van der Waals surface area (Å²) in [4.78, 5) is 10.7. The molecule has 9 heavy (non-hydrogen) atoms. The quantitative estimate of drug-likeness (QED) is 0.556. The highest BCUT2D eigenvalue weighted by Gasteiger charge is 2.23. The zero-order chi connectivity index (χ0) is 6.69. The van der Waals surface area contributed by atoms with E-state index in [0.717, 1.165) is 0 Å². The molecule has 0 aromatic rings. The summed E-state index contributed by atoms with van der Waals surface area (Å²) in [6.45, 7) is 0.102. The van der Waals surface area contributed by atoms with Crippen molar-refractivity contribution in [2.75, 3.05) is 12.5 Å². The number of nitrogens with one attached hydrogen (secondary N) is 1. The molecule has 0 aliphatic carbocycles. The Bertz CT molecular complexity index is 118. The van der Waals surface area contributed by atoms with Crippen molar-refractivity contribution in [3.63, 3.8) is 0 Å². The minimum absolute atomic E-state index is 0.00463. The van der Waals surface area contributed by atoms with Crippen LogP contribution in [0.1, 0.15) is 6.42 Å². The second-order valence-corrected chi connectivity index (χ2v) is 3.04. The van der Waals surface area contributed by atoms with E-state index in [1.54, 1.807) is 11.8 Å². The Hall–Kier alpha value is -0.220. The van der Waals surface area contributed by atoms with Crippen molar-refractivity contribution in [2.24, 2.45) is 0 Å². The molecule has 1 saturated heterocycles. The van der Waals surface area contributed by atoms with Crippen molar-refractivity contribution in [2.45, 2.75) is 11.7 Å². The van der Waals surface area contributed by atoms with E-state index in [9.17, 15) is 4.79 Å². The average Bonchev–Trinajstić information content (AvgIpc) is 2.18. The van der Waals surface area contributed by atoms with Crippen LogP contribution < -0.4 is 5.32 Å². The van der Waals surface area contributed by atoms with Gasteiger partial charge in [-0.2, -0.15) is 0 Å². The number of aliphatic hydroxyl groups is 1. The van der Waals surface area contributed by atoms with E-state index in [1.807, 2.05) is 0 Å². The van der Waals surface area contributed by atoms with Gasteiger partial charge < -0.3 is 10.4 Å². The van der Waals surface area contributed by atoms with Crippen molar-refractivity contribution in [1.82, 2.24) is 5.32 Å². The minimum Gasteiger partial charge on any atom is -0.396 e. The Kier molecular flexibility index (Phi) is 2.36. The monoisotopic (exact) mass is 147 g/mol. The smallest absolute Gasteiger partial charge is 0.233 e. The first-order valence-corrected chi connectivity index (χ1v) is 3.89. The number of rotatable bonds is 2. The van der Waals surface area contributed by atoms with Crippen molar-refractivity contribution >= 4 is 17.7 Å². The van der Waals surface area contributed by atoms with Gasteiger partial charge in [0.15, 0.2) is 0 Å². The standard InChI is InChI=1S/C5H9NO2S/c7-2-1-4-5(8)6-3-9-4/h4,7H,1-3H2,(H,6,8). The van der Waals surface area contributed by atoms with Crippen LogP contribution in [0.4, 0.5) is 0 Å². The third-order valence-electron chi connectivity index (χ3n) is 1.21. The molecule has 52 valence electrons. The number of thioether (sulfide) groups is 1. The molecule has 2 N–H and O–H groups in total. The molecule has 0 bridgehead atoms. The number of hydrogen-bond donors (Lipinski definition) is 2. The van der Waals surface area contributed by atoms with Crippen LogP contribution in [0.2, 0.25) is 0 Å². The molecular formula is C5H9NO2S. The number of amides is 1. The molecule has 1 amide bonds. The molecule has 1 unspecified atom stereocenters. The van der Waals surface area contributed by atoms with Crippen LogP contribution in [0, 0.1) is 0 Å². The molecule has 1 heterocycles. The van der Waals surface area contributed by atoms with Gasteiger partial charge in [0.25, 0.3) is 0 Å². The molecule has 4 heteroatoms. The van der Waals surface area contributed by atoms with Gasteiger partial charge in [-0.15, -0.1) is 11.8 Å². The van der Waals surface area contributed by atoms with E-state index in [0.29, 0.717) is 12.3 Å². The SMILES string of the molecule is O=C1NCSC1CCO. The third kappa shape index (κ3) is 1.59. The predicted octanol–water partition coefficient (Wildman–Crippen LogP) is -0.442. The number of aliphatic hydroxyl groups excluding tert-OH is 1. The molecule has 0 aromatic heterocycles. The second-order valence-electron chi connectivity index (χ2n) is 1.85. The van der Waals surface area contributed by atoms with Gasteiger partial charge in [0.05, 0.1) is 11.1 Å². The summed E-state index contributed by atoms with van der Waals surface area (Å²) < 4.78 is 0. The second kappa shape index (κ2) is 3.08. The van der Waals surface area contributed by atoms with Gasteiger partial charge in [-0.05, 0) is 6.42 Å². The number of carbonyl (C=O) groups is 1. The fourth-order valence-corrected chi connectivity index (χ4v) is 1.67. The zero-order valence-electron chi connectivity index (χ0n) is 4.96. The van der Waals surface area contributed by atoms with E-state index < -0.39 is 0 Å². The van der Waals surface area contributed by atoms with E-state index >= 15 is 0 Å². The molecule has 1 aliphatic rings. The van der Waals surface area contributed by atoms with Crippen LogP contribution in [-0.4, -0.2) is 28.7 Å². The van der Waals surface area contributed by atoms with Crippen LogP contribution in [0.3, 0.4) is 0 Å². The van der Waals surface area contributed by atoms with E-state index in [2.05, 4.69) is 5.32 Å². The lowest BCUT2D eigenvalue weighted by atomic mass is 10.3. The molecule has 0 spiro atoms. The maximum Gasteiger partial charge on any atom is 0.233 e. The predicted molar refractivity (Wildman–Crippen MR) is 36.1 cm³/mol. The molecule has 1 aliphatic heterocycles. The highest BCUT2D eigenvalue weighted by Crippen LogP contribution is 2.18. The van der Waals surface area contributed by atoms with Gasteiger partial charge in [0.2, 0.25) is 5.91 Å². The van der Waals surface area contributed by atoms with Crippen molar-refractivity contribution in [3.8, 4) is 0 Å². The lowest BCUT2D eigenvalue weighted by molar-refractivity contribution is -0.119. The summed E-state index contributed by atoms with van der Waals surface area (Å²) in [5.41, 5.74) is 0. The van der Waals surface area contributed by atoms with Crippen LogP contribution in [-0.2, 0) is 4.79 Å². The first kappa shape index (κ1) is 6.89. The van der Waals surface area contributed by atoms with Gasteiger partial charge in [-0.3, -0.25) is 4.79 Å². The summed E-state index contributed by atoms with van der Waals surface area (Å²) in [5, 5.41) is 11.1. The maximum absolute atomic E-state index is 10.7. The molecule has 1 rings (SSSR count). The first-order chi connectivity index (χ1) is 4.34. The summed E-state index contributed by atoms with van der Waals surface area (Å²) in [7, 11) is 0. The number of carbonyl (C=O) groups excluding carboxylic acids is 1. The Morgan fingerprint density at radius 2 is 2.67 bits per heavy atom. The van der Waals surface area contributed by atoms with Gasteiger partial charge >= 0.3 is 0 Å². The Balaban J connectivity index is 2.31. The van der Waals surface area contributed by atoms with Crippen molar-refractivity contribution in [3.05, 3.63) is 0 Å². The van der Waals surface area contributed by atoms with Crippen LogP contribution in [0.25, 0.3) is 0 Å². The van der Waals surface area contributed by atoms with Gasteiger partial charge in [0.1, 0.15) is 0 Å². The Labute approximate surface area is 57.8 Å². The van der Waals surface area contributed by atoms with E-state index in [1.165, 1.54) is 0 Å². The van der Waals surface area contributed by atoms with Crippen LogP contribution >= 0.6 is 11.8 Å². The fraction of sp³-hybridized carbons (Fsp3) is 0.800. The molecule has 0 radical (unpaired) electrons. The lowest BCUT2D eigenvalue weighted by Crippen LogP contribution is -2.23. The third-order valence-corrected chi connectivity index (χ3v) is 2.38. The molecule has 3 nitrogen and oxygen atoms in total. The molecule has 1 fully saturated rings. The van der Waals surface area contributed by atoms with Gasteiger partial charge in [0, 0.05) is 6.61 Å². The van der Waals surface area contributed by atoms with Crippen LogP contribution in [0.15, 0.2) is 0 Å². The molecular weight excluding hydrogens is 138 g/mol. The Morgan fingerprint density at radius 1 is 1.89 bits per heavy atom.